The average molecular weight is 776 g/mol. The van der Waals surface area contributed by atoms with Crippen molar-refractivity contribution in [3.63, 3.8) is 0 Å². The van der Waals surface area contributed by atoms with E-state index in [-0.39, 0.29) is 0 Å². The standard InChI is InChI=1S/C58H37N3/c1-4-15-41(16-5-1)59(42-17-6-2-7-18-42)44-32-29-38(30-33-44)45-34-31-39-27-28-40-37-50-57-53(60(43-19-8-3-9-20-43)58(50)49-36-35-48(45)55(39)56(40)49)25-14-26-54(57)61-51-23-12-10-21-46(51)47-22-11-13-24-52(47)61/h1-37H. The van der Waals surface area contributed by atoms with Crippen LogP contribution in [0.3, 0.4) is 0 Å². The van der Waals surface area contributed by atoms with Crippen LogP contribution in [-0.2, 0) is 0 Å². The number of para-hydroxylation sites is 5. The van der Waals surface area contributed by atoms with Crippen molar-refractivity contribution in [1.29, 1.82) is 0 Å². The van der Waals surface area contributed by atoms with Gasteiger partial charge < -0.3 is 14.0 Å². The fraction of sp³-hybridized carbons (Fsp3) is 0. The van der Waals surface area contributed by atoms with Gasteiger partial charge >= 0.3 is 0 Å². The summed E-state index contributed by atoms with van der Waals surface area (Å²) in [5.74, 6) is 0. The lowest BCUT2D eigenvalue weighted by molar-refractivity contribution is 1.17. The summed E-state index contributed by atoms with van der Waals surface area (Å²) in [6.45, 7) is 0. The third-order valence-electron chi connectivity index (χ3n) is 12.8. The zero-order valence-corrected chi connectivity index (χ0v) is 33.2. The number of anilines is 3. The van der Waals surface area contributed by atoms with E-state index < -0.39 is 0 Å². The number of fused-ring (bicyclic) bond motifs is 7. The second kappa shape index (κ2) is 13.2. The van der Waals surface area contributed by atoms with Crippen LogP contribution in [0.15, 0.2) is 224 Å². The monoisotopic (exact) mass is 775 g/mol. The van der Waals surface area contributed by atoms with Crippen LogP contribution in [0.2, 0.25) is 0 Å². The van der Waals surface area contributed by atoms with Crippen molar-refractivity contribution < 1.29 is 0 Å². The van der Waals surface area contributed by atoms with Gasteiger partial charge in [0.25, 0.3) is 0 Å². The number of nitrogens with zero attached hydrogens (tertiary/aromatic N) is 3. The van der Waals surface area contributed by atoms with E-state index in [4.69, 9.17) is 0 Å². The van der Waals surface area contributed by atoms with Crippen molar-refractivity contribution in [2.24, 2.45) is 0 Å². The molecule has 0 bridgehead atoms. The second-order valence-corrected chi connectivity index (χ2v) is 16.1. The van der Waals surface area contributed by atoms with E-state index in [9.17, 15) is 0 Å². The first-order valence-corrected chi connectivity index (χ1v) is 21.0. The summed E-state index contributed by atoms with van der Waals surface area (Å²) >= 11 is 0. The first-order valence-electron chi connectivity index (χ1n) is 21.0. The topological polar surface area (TPSA) is 13.1 Å². The molecule has 0 atom stereocenters. The molecule has 0 aliphatic heterocycles. The van der Waals surface area contributed by atoms with Crippen molar-refractivity contribution in [2.75, 3.05) is 4.90 Å². The number of hydrogen-bond donors (Lipinski definition) is 0. The Morgan fingerprint density at radius 1 is 0.311 bits per heavy atom. The molecule has 0 N–H and O–H groups in total. The molecule has 2 aromatic heterocycles. The normalized spacial score (nSPS) is 11.9. The fourth-order valence-electron chi connectivity index (χ4n) is 10.3. The maximum atomic E-state index is 2.50. The molecule has 3 nitrogen and oxygen atoms in total. The summed E-state index contributed by atoms with van der Waals surface area (Å²) in [6.07, 6.45) is 0. The lowest BCUT2D eigenvalue weighted by atomic mass is 9.88. The fourth-order valence-corrected chi connectivity index (χ4v) is 10.3. The largest absolute Gasteiger partial charge is 0.311 e. The second-order valence-electron chi connectivity index (χ2n) is 16.1. The van der Waals surface area contributed by atoms with E-state index >= 15 is 0 Å². The number of aromatic nitrogens is 2. The molecule has 0 aliphatic carbocycles. The molecule has 2 heterocycles. The van der Waals surface area contributed by atoms with Crippen LogP contribution in [0, 0.1) is 0 Å². The zero-order chi connectivity index (χ0) is 40.0. The maximum Gasteiger partial charge on any atom is 0.0620 e. The minimum absolute atomic E-state index is 1.12. The Labute approximate surface area is 352 Å². The molecule has 61 heavy (non-hydrogen) atoms. The Kier molecular flexibility index (Phi) is 7.31. The molecular formula is C58H37N3. The van der Waals surface area contributed by atoms with Crippen LogP contribution in [-0.4, -0.2) is 9.13 Å². The van der Waals surface area contributed by atoms with Crippen molar-refractivity contribution in [3.05, 3.63) is 224 Å². The molecule has 11 aromatic carbocycles. The summed E-state index contributed by atoms with van der Waals surface area (Å²) in [5, 5.41) is 12.7. The summed E-state index contributed by atoms with van der Waals surface area (Å²) in [4.78, 5) is 2.32. The Balaban J connectivity index is 1.06. The molecule has 13 aromatic rings. The van der Waals surface area contributed by atoms with E-state index in [1.807, 2.05) is 0 Å². The molecule has 0 fully saturated rings. The summed E-state index contributed by atoms with van der Waals surface area (Å²) in [6, 6.07) is 82.1. The van der Waals surface area contributed by atoms with E-state index in [1.165, 1.54) is 92.7 Å². The summed E-state index contributed by atoms with van der Waals surface area (Å²) in [7, 11) is 0. The van der Waals surface area contributed by atoms with Crippen molar-refractivity contribution in [3.8, 4) is 22.5 Å². The van der Waals surface area contributed by atoms with Crippen LogP contribution >= 0.6 is 0 Å². The molecule has 3 heteroatoms. The molecule has 0 saturated heterocycles. The first kappa shape index (κ1) is 33.8. The van der Waals surface area contributed by atoms with Crippen molar-refractivity contribution in [2.45, 2.75) is 0 Å². The summed E-state index contributed by atoms with van der Waals surface area (Å²) in [5.41, 5.74) is 13.0. The van der Waals surface area contributed by atoms with Crippen molar-refractivity contribution >= 4 is 93.0 Å². The Morgan fingerprint density at radius 2 is 0.852 bits per heavy atom. The molecule has 0 unspecified atom stereocenters. The van der Waals surface area contributed by atoms with Gasteiger partial charge in [-0.2, -0.15) is 0 Å². The van der Waals surface area contributed by atoms with Crippen LogP contribution < -0.4 is 4.90 Å². The highest BCUT2D eigenvalue weighted by Gasteiger charge is 2.23. The van der Waals surface area contributed by atoms with Gasteiger partial charge in [-0.25, -0.2) is 0 Å². The van der Waals surface area contributed by atoms with Gasteiger partial charge in [-0.3, -0.25) is 0 Å². The smallest absolute Gasteiger partial charge is 0.0620 e. The highest BCUT2D eigenvalue weighted by molar-refractivity contribution is 6.33. The van der Waals surface area contributed by atoms with Gasteiger partial charge in [0.05, 0.1) is 27.8 Å². The predicted molar refractivity (Wildman–Crippen MR) is 259 cm³/mol. The SMILES string of the molecule is c1ccc(N(c2ccccc2)c2ccc(-c3ccc4ccc5cc6c7c(-n8c9ccccc9c9ccccc98)cccc7n(-c7ccccc7)c6c6ccc3c4c56)cc2)cc1. The van der Waals surface area contributed by atoms with Crippen LogP contribution in [0.4, 0.5) is 17.1 Å². The van der Waals surface area contributed by atoms with Gasteiger partial charge in [0.2, 0.25) is 0 Å². The molecule has 0 amide bonds. The summed E-state index contributed by atoms with van der Waals surface area (Å²) < 4.78 is 4.97. The number of hydrogen-bond acceptors (Lipinski definition) is 1. The third-order valence-corrected chi connectivity index (χ3v) is 12.8. The van der Waals surface area contributed by atoms with Gasteiger partial charge in [-0.05, 0) is 117 Å². The van der Waals surface area contributed by atoms with Gasteiger partial charge in [0.1, 0.15) is 0 Å². The Hall–Kier alpha value is -8.14. The van der Waals surface area contributed by atoms with Gasteiger partial charge in [0.15, 0.2) is 0 Å². The minimum atomic E-state index is 1.12. The lowest BCUT2D eigenvalue weighted by Crippen LogP contribution is -2.09. The quantitative estimate of drug-likeness (QED) is 0.153. The first-order chi connectivity index (χ1) is 30.3. The van der Waals surface area contributed by atoms with Gasteiger partial charge in [-0.15, -0.1) is 0 Å². The van der Waals surface area contributed by atoms with Crippen LogP contribution in [0.1, 0.15) is 0 Å². The van der Waals surface area contributed by atoms with Crippen molar-refractivity contribution in [1.82, 2.24) is 9.13 Å². The maximum absolute atomic E-state index is 2.50. The minimum Gasteiger partial charge on any atom is -0.311 e. The molecule has 0 radical (unpaired) electrons. The number of benzene rings is 11. The molecule has 0 saturated carbocycles. The van der Waals surface area contributed by atoms with Crippen LogP contribution in [0.25, 0.3) is 98.4 Å². The average Bonchev–Trinajstić information content (AvgIpc) is 3.85. The number of rotatable bonds is 6. The van der Waals surface area contributed by atoms with E-state index in [1.54, 1.807) is 0 Å². The van der Waals surface area contributed by atoms with Gasteiger partial charge in [0, 0.05) is 49.7 Å². The highest BCUT2D eigenvalue weighted by Crippen LogP contribution is 2.47. The Morgan fingerprint density at radius 3 is 1.54 bits per heavy atom. The molecule has 284 valence electrons. The molecular weight excluding hydrogens is 739 g/mol. The Bertz CT molecular complexity index is 3690. The molecule has 0 spiro atoms. The van der Waals surface area contributed by atoms with E-state index in [2.05, 4.69) is 238 Å². The molecule has 0 aliphatic rings. The van der Waals surface area contributed by atoms with Gasteiger partial charge in [-0.1, -0.05) is 146 Å². The predicted octanol–water partition coefficient (Wildman–Crippen LogP) is 15.9. The van der Waals surface area contributed by atoms with Crippen LogP contribution in [0.5, 0.6) is 0 Å². The highest BCUT2D eigenvalue weighted by atomic mass is 15.1. The molecule has 13 rings (SSSR count). The van der Waals surface area contributed by atoms with E-state index in [0.29, 0.717) is 0 Å². The zero-order valence-electron chi connectivity index (χ0n) is 33.2. The third kappa shape index (κ3) is 4.98. The lowest BCUT2D eigenvalue weighted by Gasteiger charge is -2.25. The van der Waals surface area contributed by atoms with E-state index in [0.717, 1.165) is 22.7 Å².